The monoisotopic (exact) mass is 262 g/mol. The highest BCUT2D eigenvalue weighted by Gasteiger charge is 2.23. The lowest BCUT2D eigenvalue weighted by atomic mass is 10.0. The molecule has 0 bridgehead atoms. The Labute approximate surface area is 117 Å². The highest BCUT2D eigenvalue weighted by molar-refractivity contribution is 5.94. The number of allylic oxidation sites excluding steroid dienone is 5. The number of hydrogen-bond acceptors (Lipinski definition) is 2. The maximum atomic E-state index is 12.3. The van der Waals surface area contributed by atoms with Crippen molar-refractivity contribution in [1.29, 1.82) is 0 Å². The van der Waals surface area contributed by atoms with Crippen LogP contribution in [-0.2, 0) is 4.79 Å². The minimum absolute atomic E-state index is 0.174. The van der Waals surface area contributed by atoms with E-state index in [1.54, 1.807) is 0 Å². The SMILES string of the molecule is CC.CN(C(=O)C1=CC=CC=CC1)C1CCNCC1. The van der Waals surface area contributed by atoms with Crippen molar-refractivity contribution in [2.75, 3.05) is 20.1 Å². The molecule has 0 aromatic carbocycles. The third kappa shape index (κ3) is 4.67. The van der Waals surface area contributed by atoms with Crippen LogP contribution in [0, 0.1) is 0 Å². The molecule has 3 heteroatoms. The van der Waals surface area contributed by atoms with Gasteiger partial charge in [0.05, 0.1) is 0 Å². The molecule has 1 heterocycles. The summed E-state index contributed by atoms with van der Waals surface area (Å²) in [6.07, 6.45) is 12.7. The Morgan fingerprint density at radius 3 is 2.58 bits per heavy atom. The first-order valence-electron chi connectivity index (χ1n) is 7.29. The highest BCUT2D eigenvalue weighted by atomic mass is 16.2. The van der Waals surface area contributed by atoms with Gasteiger partial charge in [0.2, 0.25) is 5.91 Å². The second kappa shape index (κ2) is 8.70. The molecule has 1 aliphatic carbocycles. The lowest BCUT2D eigenvalue weighted by Gasteiger charge is -2.32. The zero-order valence-electron chi connectivity index (χ0n) is 12.4. The van der Waals surface area contributed by atoms with Crippen LogP contribution in [0.3, 0.4) is 0 Å². The number of nitrogens with one attached hydrogen (secondary N) is 1. The van der Waals surface area contributed by atoms with Crippen molar-refractivity contribution in [2.24, 2.45) is 0 Å². The summed E-state index contributed by atoms with van der Waals surface area (Å²) < 4.78 is 0. The van der Waals surface area contributed by atoms with Crippen molar-refractivity contribution in [2.45, 2.75) is 39.2 Å². The number of piperidine rings is 1. The summed E-state index contributed by atoms with van der Waals surface area (Å²) in [6, 6.07) is 0.390. The van der Waals surface area contributed by atoms with Gasteiger partial charge in [-0.15, -0.1) is 0 Å². The fourth-order valence-corrected chi connectivity index (χ4v) is 2.32. The summed E-state index contributed by atoms with van der Waals surface area (Å²) in [5.41, 5.74) is 0.885. The van der Waals surface area contributed by atoms with Crippen LogP contribution in [0.15, 0.2) is 36.0 Å². The molecule has 0 aromatic rings. The van der Waals surface area contributed by atoms with Gasteiger partial charge in [-0.05, 0) is 32.4 Å². The van der Waals surface area contributed by atoms with E-state index in [9.17, 15) is 4.79 Å². The highest BCUT2D eigenvalue weighted by Crippen LogP contribution is 2.16. The molecule has 1 aliphatic heterocycles. The standard InChI is InChI=1S/C14H20N2O.C2H6/c1-16(13-8-10-15-11-9-13)14(17)12-6-4-2-3-5-7-12;1-2/h2-6,13,15H,7-11H2,1H3;1-2H3. The molecule has 0 radical (unpaired) electrons. The van der Waals surface area contributed by atoms with Crippen molar-refractivity contribution in [3.63, 3.8) is 0 Å². The topological polar surface area (TPSA) is 32.3 Å². The number of amides is 1. The molecule has 0 spiro atoms. The van der Waals surface area contributed by atoms with Crippen LogP contribution < -0.4 is 5.32 Å². The second-order valence-corrected chi connectivity index (χ2v) is 4.61. The summed E-state index contributed by atoms with van der Waals surface area (Å²) in [6.45, 7) is 6.03. The first kappa shape index (κ1) is 15.7. The number of carbonyl (C=O) groups is 1. The smallest absolute Gasteiger partial charge is 0.250 e. The Morgan fingerprint density at radius 2 is 1.89 bits per heavy atom. The molecular weight excluding hydrogens is 236 g/mol. The Bertz CT molecular complexity index is 363. The Hall–Kier alpha value is -1.35. The van der Waals surface area contributed by atoms with Crippen LogP contribution in [-0.4, -0.2) is 37.0 Å². The summed E-state index contributed by atoms with van der Waals surface area (Å²) in [5.74, 6) is 0.174. The molecule has 1 saturated heterocycles. The van der Waals surface area contributed by atoms with Crippen molar-refractivity contribution >= 4 is 5.91 Å². The van der Waals surface area contributed by atoms with Crippen LogP contribution in [0.2, 0.25) is 0 Å². The van der Waals surface area contributed by atoms with Gasteiger partial charge in [0.25, 0.3) is 0 Å². The molecule has 0 atom stereocenters. The van der Waals surface area contributed by atoms with Gasteiger partial charge in [-0.1, -0.05) is 44.2 Å². The van der Waals surface area contributed by atoms with Gasteiger partial charge in [0.15, 0.2) is 0 Å². The normalized spacial score (nSPS) is 19.0. The van der Waals surface area contributed by atoms with Crippen molar-refractivity contribution < 1.29 is 4.79 Å². The molecule has 0 aromatic heterocycles. The van der Waals surface area contributed by atoms with E-state index in [1.165, 1.54) is 0 Å². The van der Waals surface area contributed by atoms with Crippen LogP contribution in [0.5, 0.6) is 0 Å². The Balaban J connectivity index is 0.000000861. The number of likely N-dealkylation sites (N-methyl/N-ethyl adjacent to an activating group) is 1. The van der Waals surface area contributed by atoms with E-state index >= 15 is 0 Å². The summed E-state index contributed by atoms with van der Waals surface area (Å²) in [5, 5.41) is 3.32. The third-order valence-electron chi connectivity index (χ3n) is 3.44. The summed E-state index contributed by atoms with van der Waals surface area (Å²) in [4.78, 5) is 14.2. The fraction of sp³-hybridized carbons (Fsp3) is 0.562. The summed E-state index contributed by atoms with van der Waals surface area (Å²) >= 11 is 0. The molecule has 3 nitrogen and oxygen atoms in total. The Kier molecular flexibility index (Phi) is 7.19. The van der Waals surface area contributed by atoms with Gasteiger partial charge in [0, 0.05) is 18.7 Å². The maximum absolute atomic E-state index is 12.3. The van der Waals surface area contributed by atoms with Gasteiger partial charge >= 0.3 is 0 Å². The predicted molar refractivity (Wildman–Crippen MR) is 81.0 cm³/mol. The molecule has 2 aliphatic rings. The van der Waals surface area contributed by atoms with Gasteiger partial charge in [-0.25, -0.2) is 0 Å². The van der Waals surface area contributed by atoms with Gasteiger partial charge in [-0.2, -0.15) is 0 Å². The molecular formula is C16H26N2O. The van der Waals surface area contributed by atoms with E-state index in [1.807, 2.05) is 56.2 Å². The molecule has 0 saturated carbocycles. The lowest BCUT2D eigenvalue weighted by Crippen LogP contribution is -2.44. The van der Waals surface area contributed by atoms with Crippen LogP contribution in [0.25, 0.3) is 0 Å². The molecule has 0 unspecified atom stereocenters. The molecule has 1 amide bonds. The number of rotatable bonds is 2. The average molecular weight is 262 g/mol. The second-order valence-electron chi connectivity index (χ2n) is 4.61. The molecule has 1 N–H and O–H groups in total. The minimum Gasteiger partial charge on any atom is -0.339 e. The zero-order chi connectivity index (χ0) is 14.1. The molecule has 19 heavy (non-hydrogen) atoms. The number of carbonyl (C=O) groups excluding carboxylic acids is 1. The van der Waals surface area contributed by atoms with E-state index < -0.39 is 0 Å². The number of nitrogens with zero attached hydrogens (tertiary/aromatic N) is 1. The first-order chi connectivity index (χ1) is 9.29. The van der Waals surface area contributed by atoms with E-state index in [0.29, 0.717) is 6.04 Å². The first-order valence-corrected chi connectivity index (χ1v) is 7.29. The van der Waals surface area contributed by atoms with E-state index in [-0.39, 0.29) is 5.91 Å². The minimum atomic E-state index is 0.174. The molecule has 1 fully saturated rings. The average Bonchev–Trinajstić information content (AvgIpc) is 2.78. The van der Waals surface area contributed by atoms with E-state index in [0.717, 1.165) is 37.9 Å². The van der Waals surface area contributed by atoms with Crippen molar-refractivity contribution in [1.82, 2.24) is 10.2 Å². The fourth-order valence-electron chi connectivity index (χ4n) is 2.32. The zero-order valence-corrected chi connectivity index (χ0v) is 12.4. The van der Waals surface area contributed by atoms with E-state index in [4.69, 9.17) is 0 Å². The van der Waals surface area contributed by atoms with Gasteiger partial charge in [-0.3, -0.25) is 4.79 Å². The van der Waals surface area contributed by atoms with Crippen molar-refractivity contribution in [3.05, 3.63) is 36.0 Å². The predicted octanol–water partition coefficient (Wildman–Crippen LogP) is 2.67. The van der Waals surface area contributed by atoms with E-state index in [2.05, 4.69) is 5.32 Å². The Morgan fingerprint density at radius 1 is 1.21 bits per heavy atom. The molecule has 2 rings (SSSR count). The van der Waals surface area contributed by atoms with Gasteiger partial charge < -0.3 is 10.2 Å². The summed E-state index contributed by atoms with van der Waals surface area (Å²) in [7, 11) is 1.93. The maximum Gasteiger partial charge on any atom is 0.250 e. The number of hydrogen-bond donors (Lipinski definition) is 1. The lowest BCUT2D eigenvalue weighted by molar-refractivity contribution is -0.128. The van der Waals surface area contributed by atoms with Crippen LogP contribution in [0.4, 0.5) is 0 Å². The van der Waals surface area contributed by atoms with Crippen molar-refractivity contribution in [3.8, 4) is 0 Å². The van der Waals surface area contributed by atoms with Crippen LogP contribution in [0.1, 0.15) is 33.1 Å². The van der Waals surface area contributed by atoms with Crippen LogP contribution >= 0.6 is 0 Å². The third-order valence-corrected chi connectivity index (χ3v) is 3.44. The quantitative estimate of drug-likeness (QED) is 0.830. The van der Waals surface area contributed by atoms with Gasteiger partial charge in [0.1, 0.15) is 0 Å². The largest absolute Gasteiger partial charge is 0.339 e. The molecule has 106 valence electrons.